The van der Waals surface area contributed by atoms with Gasteiger partial charge >= 0.3 is 0 Å². The first-order valence-electron chi connectivity index (χ1n) is 6.39. The molecule has 3 aromatic rings. The molecular weight excluding hydrogens is 252 g/mol. The minimum absolute atomic E-state index is 0.494. The molecule has 0 unspecified atom stereocenters. The number of aromatic nitrogens is 1. The zero-order valence-electron chi connectivity index (χ0n) is 11.1. The number of benzene rings is 1. The second-order valence-electron chi connectivity index (χ2n) is 4.99. The van der Waals surface area contributed by atoms with Crippen LogP contribution in [-0.2, 0) is 0 Å². The minimum Gasteiger partial charge on any atom is -0.399 e. The average molecular weight is 268 g/mol. The fourth-order valence-electron chi connectivity index (χ4n) is 2.35. The van der Waals surface area contributed by atoms with Crippen LogP contribution in [0.5, 0.6) is 0 Å². The summed E-state index contributed by atoms with van der Waals surface area (Å²) in [5.74, 6) is 0.494. The van der Waals surface area contributed by atoms with E-state index in [2.05, 4.69) is 37.0 Å². The van der Waals surface area contributed by atoms with Crippen LogP contribution in [0.15, 0.2) is 42.7 Å². The minimum atomic E-state index is 0.494. The number of anilines is 1. The molecule has 2 N–H and O–H groups in total. The Bertz CT molecular complexity index is 714. The number of nitrogen functional groups attached to an aromatic ring is 1. The number of hydrogen-bond donors (Lipinski definition) is 1. The lowest BCUT2D eigenvalue weighted by Gasteiger charge is -2.07. The van der Waals surface area contributed by atoms with Gasteiger partial charge in [0.15, 0.2) is 0 Å². The maximum absolute atomic E-state index is 5.89. The van der Waals surface area contributed by atoms with Crippen molar-refractivity contribution >= 4 is 27.1 Å². The molecule has 1 aromatic carbocycles. The number of nitrogens with two attached hydrogens (primary N) is 1. The van der Waals surface area contributed by atoms with Crippen LogP contribution in [0.25, 0.3) is 21.2 Å². The first-order chi connectivity index (χ1) is 9.16. The number of fused-ring (bicyclic) bond motifs is 1. The van der Waals surface area contributed by atoms with Crippen molar-refractivity contribution in [1.29, 1.82) is 0 Å². The molecule has 0 amide bonds. The molecule has 0 aliphatic rings. The van der Waals surface area contributed by atoms with Gasteiger partial charge in [-0.3, -0.25) is 4.98 Å². The zero-order valence-corrected chi connectivity index (χ0v) is 11.9. The fourth-order valence-corrected chi connectivity index (χ4v) is 3.62. The molecule has 19 heavy (non-hydrogen) atoms. The molecule has 0 saturated heterocycles. The van der Waals surface area contributed by atoms with Gasteiger partial charge in [0.1, 0.15) is 0 Å². The average Bonchev–Trinajstić information content (AvgIpc) is 2.78. The van der Waals surface area contributed by atoms with Gasteiger partial charge in [-0.05, 0) is 24.1 Å². The number of hydrogen-bond acceptors (Lipinski definition) is 3. The predicted octanol–water partition coefficient (Wildman–Crippen LogP) is 4.67. The van der Waals surface area contributed by atoms with Crippen LogP contribution in [0.4, 0.5) is 5.69 Å². The number of nitrogens with zero attached hydrogens (tertiary/aromatic N) is 1. The zero-order chi connectivity index (χ0) is 13.4. The molecule has 0 atom stereocenters. The molecule has 0 aliphatic heterocycles. The van der Waals surface area contributed by atoms with Crippen molar-refractivity contribution in [3.63, 3.8) is 0 Å². The molecule has 0 radical (unpaired) electrons. The van der Waals surface area contributed by atoms with Gasteiger partial charge in [-0.1, -0.05) is 26.0 Å². The third-order valence-corrected chi connectivity index (χ3v) is 4.67. The van der Waals surface area contributed by atoms with Gasteiger partial charge in [0.25, 0.3) is 0 Å². The summed E-state index contributed by atoms with van der Waals surface area (Å²) in [5, 5.41) is 1.27. The Morgan fingerprint density at radius 3 is 2.74 bits per heavy atom. The van der Waals surface area contributed by atoms with E-state index >= 15 is 0 Å². The van der Waals surface area contributed by atoms with E-state index in [1.54, 1.807) is 0 Å². The summed E-state index contributed by atoms with van der Waals surface area (Å²) in [6, 6.07) is 10.3. The highest BCUT2D eigenvalue weighted by atomic mass is 32.1. The molecule has 96 valence electrons. The lowest BCUT2D eigenvalue weighted by molar-refractivity contribution is 0.892. The quantitative estimate of drug-likeness (QED) is 0.686. The molecule has 0 aliphatic carbocycles. The maximum atomic E-state index is 5.89. The summed E-state index contributed by atoms with van der Waals surface area (Å²) in [5.41, 5.74) is 9.20. The van der Waals surface area contributed by atoms with Crippen LogP contribution in [0.1, 0.15) is 24.6 Å². The lowest BCUT2D eigenvalue weighted by atomic mass is 9.99. The van der Waals surface area contributed by atoms with E-state index in [-0.39, 0.29) is 0 Å². The van der Waals surface area contributed by atoms with Gasteiger partial charge < -0.3 is 5.73 Å². The van der Waals surface area contributed by atoms with E-state index in [0.717, 1.165) is 5.69 Å². The normalized spacial score (nSPS) is 11.3. The van der Waals surface area contributed by atoms with Gasteiger partial charge in [0.05, 0.1) is 0 Å². The molecule has 0 saturated carbocycles. The maximum Gasteiger partial charge on any atom is 0.0372 e. The van der Waals surface area contributed by atoms with Gasteiger partial charge in [0, 0.05) is 44.2 Å². The second kappa shape index (κ2) is 4.67. The summed E-state index contributed by atoms with van der Waals surface area (Å²) in [6.07, 6.45) is 3.74. The Labute approximate surface area is 116 Å². The standard InChI is InChI=1S/C16H16N2S/c1-10(2)16-15(11-4-3-7-18-9-11)13-6-5-12(17)8-14(13)19-16/h3-10H,17H2,1-2H3. The first kappa shape index (κ1) is 12.2. The highest BCUT2D eigenvalue weighted by Crippen LogP contribution is 2.42. The molecule has 0 spiro atoms. The Morgan fingerprint density at radius 1 is 1.21 bits per heavy atom. The molecule has 2 heterocycles. The Morgan fingerprint density at radius 2 is 2.05 bits per heavy atom. The summed E-state index contributed by atoms with van der Waals surface area (Å²) in [4.78, 5) is 5.64. The van der Waals surface area contributed by atoms with Gasteiger partial charge in [-0.2, -0.15) is 0 Å². The molecular formula is C16H16N2S. The van der Waals surface area contributed by atoms with Crippen molar-refractivity contribution < 1.29 is 0 Å². The van der Waals surface area contributed by atoms with E-state index in [1.807, 2.05) is 35.9 Å². The van der Waals surface area contributed by atoms with Crippen molar-refractivity contribution in [2.45, 2.75) is 19.8 Å². The Balaban J connectivity index is 2.35. The Kier molecular flexibility index (Phi) is 2.99. The molecule has 3 rings (SSSR count). The second-order valence-corrected chi connectivity index (χ2v) is 6.08. The van der Waals surface area contributed by atoms with Gasteiger partial charge in [0.2, 0.25) is 0 Å². The van der Waals surface area contributed by atoms with Crippen molar-refractivity contribution in [3.8, 4) is 11.1 Å². The van der Waals surface area contributed by atoms with Crippen LogP contribution in [0.3, 0.4) is 0 Å². The topological polar surface area (TPSA) is 38.9 Å². The number of pyridine rings is 1. The molecule has 2 aromatic heterocycles. The van der Waals surface area contributed by atoms with Gasteiger partial charge in [-0.25, -0.2) is 0 Å². The van der Waals surface area contributed by atoms with E-state index in [9.17, 15) is 0 Å². The molecule has 0 fully saturated rings. The van der Waals surface area contributed by atoms with Crippen LogP contribution in [-0.4, -0.2) is 4.98 Å². The smallest absolute Gasteiger partial charge is 0.0372 e. The highest BCUT2D eigenvalue weighted by Gasteiger charge is 2.16. The number of thiophene rings is 1. The van der Waals surface area contributed by atoms with Crippen molar-refractivity contribution in [3.05, 3.63) is 47.6 Å². The van der Waals surface area contributed by atoms with Crippen LogP contribution in [0, 0.1) is 0 Å². The van der Waals surface area contributed by atoms with Gasteiger partial charge in [-0.15, -0.1) is 11.3 Å². The third-order valence-electron chi connectivity index (χ3n) is 3.22. The molecule has 2 nitrogen and oxygen atoms in total. The highest BCUT2D eigenvalue weighted by molar-refractivity contribution is 7.19. The summed E-state index contributed by atoms with van der Waals surface area (Å²) in [6.45, 7) is 4.46. The summed E-state index contributed by atoms with van der Waals surface area (Å²) < 4.78 is 1.25. The predicted molar refractivity (Wildman–Crippen MR) is 83.6 cm³/mol. The van der Waals surface area contributed by atoms with E-state index < -0.39 is 0 Å². The largest absolute Gasteiger partial charge is 0.399 e. The third kappa shape index (κ3) is 2.10. The lowest BCUT2D eigenvalue weighted by Crippen LogP contribution is -1.87. The Hall–Kier alpha value is -1.87. The van der Waals surface area contributed by atoms with E-state index in [1.165, 1.54) is 26.1 Å². The molecule has 0 bridgehead atoms. The summed E-state index contributed by atoms with van der Waals surface area (Å²) >= 11 is 1.83. The SMILES string of the molecule is CC(C)c1sc2cc(N)ccc2c1-c1cccnc1. The van der Waals surface area contributed by atoms with Crippen molar-refractivity contribution in [1.82, 2.24) is 4.98 Å². The van der Waals surface area contributed by atoms with Crippen molar-refractivity contribution in [2.75, 3.05) is 5.73 Å². The summed E-state index contributed by atoms with van der Waals surface area (Å²) in [7, 11) is 0. The van der Waals surface area contributed by atoms with Crippen LogP contribution >= 0.6 is 11.3 Å². The fraction of sp³-hybridized carbons (Fsp3) is 0.188. The van der Waals surface area contributed by atoms with Crippen LogP contribution < -0.4 is 5.73 Å². The van der Waals surface area contributed by atoms with Crippen LogP contribution in [0.2, 0.25) is 0 Å². The first-order valence-corrected chi connectivity index (χ1v) is 7.21. The number of rotatable bonds is 2. The monoisotopic (exact) mass is 268 g/mol. The van der Waals surface area contributed by atoms with Crippen molar-refractivity contribution in [2.24, 2.45) is 0 Å². The molecule has 3 heteroatoms. The van der Waals surface area contributed by atoms with E-state index in [0.29, 0.717) is 5.92 Å². The van der Waals surface area contributed by atoms with E-state index in [4.69, 9.17) is 5.73 Å².